The Morgan fingerprint density at radius 3 is 2.03 bits per heavy atom. The Kier molecular flexibility index (Phi) is 9.82. The highest BCUT2D eigenvalue weighted by Gasteiger charge is 2.44. The summed E-state index contributed by atoms with van der Waals surface area (Å²) in [7, 11) is -1.78. The van der Waals surface area contributed by atoms with Crippen molar-refractivity contribution in [2.45, 2.75) is 115 Å². The van der Waals surface area contributed by atoms with Crippen molar-refractivity contribution < 1.29 is 28.5 Å². The summed E-state index contributed by atoms with van der Waals surface area (Å²) in [4.78, 5) is 11.7. The highest BCUT2D eigenvalue weighted by atomic mass is 28.4. The zero-order valence-electron chi connectivity index (χ0n) is 18.8. The number of esters is 1. The summed E-state index contributed by atoms with van der Waals surface area (Å²) in [5.74, 6) is -0.304. The van der Waals surface area contributed by atoms with Gasteiger partial charge >= 0.3 is 5.97 Å². The maximum Gasteiger partial charge on any atom is 0.303 e. The average molecular weight is 429 g/mol. The molecule has 0 unspecified atom stereocenters. The van der Waals surface area contributed by atoms with E-state index in [1.54, 1.807) is 0 Å². The number of carbonyl (C=O) groups is 1. The van der Waals surface area contributed by atoms with Crippen LogP contribution >= 0.6 is 0 Å². The van der Waals surface area contributed by atoms with Gasteiger partial charge in [-0.1, -0.05) is 39.8 Å². The molecule has 7 heteroatoms. The minimum absolute atomic E-state index is 0.00936. The van der Waals surface area contributed by atoms with Gasteiger partial charge in [-0.3, -0.25) is 4.79 Å². The molecule has 1 saturated heterocycles. The smallest absolute Gasteiger partial charge is 0.303 e. The second-order valence-electron chi connectivity index (χ2n) is 8.24. The number of epoxide rings is 1. The summed E-state index contributed by atoms with van der Waals surface area (Å²) in [5.41, 5.74) is 0. The summed E-state index contributed by atoms with van der Waals surface area (Å²) < 4.78 is 24.6. The molecular formula is C22H40O6Si. The third-order valence-corrected chi connectivity index (χ3v) is 11.1. The van der Waals surface area contributed by atoms with Gasteiger partial charge in [-0.25, -0.2) is 0 Å². The first-order chi connectivity index (χ1) is 13.9. The van der Waals surface area contributed by atoms with Gasteiger partial charge in [0.1, 0.15) is 12.2 Å². The van der Waals surface area contributed by atoms with Crippen molar-refractivity contribution in [3.8, 4) is 0 Å². The summed E-state index contributed by atoms with van der Waals surface area (Å²) in [5, 5.41) is 9.33. The number of ether oxygens (including phenoxy) is 3. The Morgan fingerprint density at radius 1 is 0.966 bits per heavy atom. The molecule has 1 fully saturated rings. The van der Waals surface area contributed by atoms with Crippen LogP contribution in [-0.2, 0) is 23.4 Å². The van der Waals surface area contributed by atoms with Crippen LogP contribution in [0.4, 0.5) is 0 Å². The molecule has 0 aliphatic carbocycles. The Hall–Kier alpha value is -0.733. The molecule has 2 aliphatic heterocycles. The highest BCUT2D eigenvalue weighted by Crippen LogP contribution is 2.33. The van der Waals surface area contributed by atoms with E-state index in [0.717, 1.165) is 31.0 Å². The van der Waals surface area contributed by atoms with Crippen molar-refractivity contribution in [1.82, 2.24) is 0 Å². The molecule has 0 saturated carbocycles. The Balaban J connectivity index is 2.21. The highest BCUT2D eigenvalue weighted by molar-refractivity contribution is 6.73. The lowest BCUT2D eigenvalue weighted by Gasteiger charge is -2.38. The number of aliphatic hydroxyl groups excluding tert-OH is 1. The number of aliphatic hydroxyl groups is 1. The summed E-state index contributed by atoms with van der Waals surface area (Å²) >= 11 is 0. The molecule has 0 spiro atoms. The van der Waals surface area contributed by atoms with Crippen molar-refractivity contribution in [1.29, 1.82) is 0 Å². The van der Waals surface area contributed by atoms with E-state index < -0.39 is 8.32 Å². The molecule has 1 N–H and O–H groups in total. The van der Waals surface area contributed by atoms with E-state index in [0.29, 0.717) is 12.8 Å². The molecule has 2 rings (SSSR count). The minimum atomic E-state index is -1.78. The Morgan fingerprint density at radius 2 is 1.55 bits per heavy atom. The van der Waals surface area contributed by atoms with Gasteiger partial charge in [0, 0.05) is 19.8 Å². The number of rotatable bonds is 10. The number of carbonyl (C=O) groups excluding carboxylic acids is 1. The quantitative estimate of drug-likeness (QED) is 0.245. The second-order valence-corrected chi connectivity index (χ2v) is 13.0. The van der Waals surface area contributed by atoms with Crippen LogP contribution in [0.3, 0.4) is 0 Å². The molecule has 0 bridgehead atoms. The van der Waals surface area contributed by atoms with Crippen molar-refractivity contribution in [3.05, 3.63) is 12.2 Å². The van der Waals surface area contributed by atoms with Gasteiger partial charge in [-0.05, 0) is 31.0 Å². The normalized spacial score (nSPS) is 34.0. The third-order valence-electron chi connectivity index (χ3n) is 6.47. The minimum Gasteiger partial charge on any atom is -0.459 e. The predicted octanol–water partition coefficient (Wildman–Crippen LogP) is 3.97. The molecule has 2 heterocycles. The fourth-order valence-electron chi connectivity index (χ4n) is 4.29. The molecule has 6 nitrogen and oxygen atoms in total. The average Bonchev–Trinajstić information content (AvgIpc) is 3.46. The van der Waals surface area contributed by atoms with Gasteiger partial charge in [0.2, 0.25) is 0 Å². The molecule has 2 aliphatic rings. The molecule has 29 heavy (non-hydrogen) atoms. The van der Waals surface area contributed by atoms with E-state index >= 15 is 0 Å². The van der Waals surface area contributed by atoms with Crippen LogP contribution < -0.4 is 0 Å². The van der Waals surface area contributed by atoms with Crippen molar-refractivity contribution in [2.75, 3.05) is 6.61 Å². The lowest BCUT2D eigenvalue weighted by molar-refractivity contribution is -0.163. The van der Waals surface area contributed by atoms with Gasteiger partial charge in [0.25, 0.3) is 0 Å². The van der Waals surface area contributed by atoms with E-state index in [1.807, 2.05) is 0 Å². The van der Waals surface area contributed by atoms with Crippen molar-refractivity contribution in [3.63, 3.8) is 0 Å². The molecule has 0 aromatic heterocycles. The molecule has 6 atom stereocenters. The molecule has 0 aromatic carbocycles. The maximum atomic E-state index is 11.7. The molecule has 0 aromatic rings. The van der Waals surface area contributed by atoms with Crippen LogP contribution in [-0.4, -0.2) is 62.6 Å². The van der Waals surface area contributed by atoms with E-state index in [-0.39, 0.29) is 49.2 Å². The standard InChI is InChI=1S/C22H40O6Si/c1-6-17-19(28-29(7-2,8-3)9-4)13-11-10-12-18(25-16(5)24)20(26-17)14-21-22(15-23)27-21/h10-11,17-23H,6-9,12-15H2,1-5H3/b11-10-/t17-,18+,19-,20+,21+,22+/m1/s1. The van der Waals surface area contributed by atoms with E-state index in [4.69, 9.17) is 18.6 Å². The lowest BCUT2D eigenvalue weighted by atomic mass is 10.0. The van der Waals surface area contributed by atoms with Crippen LogP contribution in [0.5, 0.6) is 0 Å². The van der Waals surface area contributed by atoms with Gasteiger partial charge < -0.3 is 23.7 Å². The first kappa shape index (κ1) is 24.5. The van der Waals surface area contributed by atoms with Crippen molar-refractivity contribution in [2.24, 2.45) is 0 Å². The van der Waals surface area contributed by atoms with Crippen LogP contribution in [0, 0.1) is 0 Å². The van der Waals surface area contributed by atoms with Gasteiger partial charge in [0.05, 0.1) is 31.0 Å². The fourth-order valence-corrected chi connectivity index (χ4v) is 7.18. The maximum absolute atomic E-state index is 11.7. The SMILES string of the molecule is CC[C@H]1O[C@@H](C[C@@H]2O[C@H]2CO)[C@@H](OC(C)=O)C/C=C\C[C@H]1O[Si](CC)(CC)CC. The van der Waals surface area contributed by atoms with E-state index in [9.17, 15) is 9.90 Å². The Labute approximate surface area is 177 Å². The van der Waals surface area contributed by atoms with Crippen LogP contribution in [0.1, 0.15) is 60.3 Å². The molecule has 168 valence electrons. The zero-order valence-corrected chi connectivity index (χ0v) is 19.8. The van der Waals surface area contributed by atoms with E-state index in [2.05, 4.69) is 39.8 Å². The van der Waals surface area contributed by atoms with Gasteiger partial charge in [0.15, 0.2) is 8.32 Å². The summed E-state index contributed by atoms with van der Waals surface area (Å²) in [6, 6.07) is 3.30. The van der Waals surface area contributed by atoms with Crippen LogP contribution in [0.2, 0.25) is 18.1 Å². The van der Waals surface area contributed by atoms with Gasteiger partial charge in [-0.15, -0.1) is 0 Å². The zero-order chi connectivity index (χ0) is 21.4. The van der Waals surface area contributed by atoms with E-state index in [1.165, 1.54) is 6.92 Å². The van der Waals surface area contributed by atoms with Crippen LogP contribution in [0.15, 0.2) is 12.2 Å². The lowest BCUT2D eigenvalue weighted by Crippen LogP contribution is -2.47. The third kappa shape index (κ3) is 6.89. The fraction of sp³-hybridized carbons (Fsp3) is 0.864. The second kappa shape index (κ2) is 11.6. The Bertz CT molecular complexity index is 527. The van der Waals surface area contributed by atoms with Crippen molar-refractivity contribution >= 4 is 14.3 Å². The van der Waals surface area contributed by atoms with Crippen LogP contribution in [0.25, 0.3) is 0 Å². The molecule has 0 radical (unpaired) electrons. The topological polar surface area (TPSA) is 77.5 Å². The summed E-state index contributed by atoms with van der Waals surface area (Å²) in [6.07, 6.45) is 6.24. The monoisotopic (exact) mass is 428 g/mol. The summed E-state index contributed by atoms with van der Waals surface area (Å²) in [6.45, 7) is 10.3. The number of hydrogen-bond donors (Lipinski definition) is 1. The first-order valence-corrected chi connectivity index (χ1v) is 13.9. The number of hydrogen-bond acceptors (Lipinski definition) is 6. The predicted molar refractivity (Wildman–Crippen MR) is 115 cm³/mol. The molecule has 0 amide bonds. The first-order valence-electron chi connectivity index (χ1n) is 11.3. The largest absolute Gasteiger partial charge is 0.459 e. The molecular weight excluding hydrogens is 388 g/mol. The van der Waals surface area contributed by atoms with Gasteiger partial charge in [-0.2, -0.15) is 0 Å².